The van der Waals surface area contributed by atoms with Crippen molar-refractivity contribution in [1.29, 1.82) is 0 Å². The first-order chi connectivity index (χ1) is 18.8. The van der Waals surface area contributed by atoms with E-state index in [1.807, 2.05) is 6.07 Å². The quantitative estimate of drug-likeness (QED) is 0.454. The molecule has 3 aromatic rings. The second kappa shape index (κ2) is 10.9. The first kappa shape index (κ1) is 26.4. The number of methoxy groups -OCH3 is 1. The van der Waals surface area contributed by atoms with Crippen molar-refractivity contribution in [3.05, 3.63) is 66.7 Å². The van der Waals surface area contributed by atoms with Crippen LogP contribution in [0.4, 0.5) is 17.1 Å². The average molecular weight is 552 g/mol. The van der Waals surface area contributed by atoms with Crippen LogP contribution >= 0.6 is 0 Å². The van der Waals surface area contributed by atoms with Crippen molar-refractivity contribution in [1.82, 2.24) is 0 Å². The minimum atomic E-state index is -3.93. The van der Waals surface area contributed by atoms with Crippen LogP contribution in [-0.2, 0) is 19.6 Å². The highest BCUT2D eigenvalue weighted by Crippen LogP contribution is 2.37. The van der Waals surface area contributed by atoms with Crippen molar-refractivity contribution < 1.29 is 32.2 Å². The van der Waals surface area contributed by atoms with E-state index in [9.17, 15) is 18.0 Å². The van der Waals surface area contributed by atoms with Crippen LogP contribution < -0.4 is 28.7 Å². The van der Waals surface area contributed by atoms with E-state index in [1.54, 1.807) is 54.3 Å². The van der Waals surface area contributed by atoms with Gasteiger partial charge in [-0.15, -0.1) is 0 Å². The molecule has 0 saturated carbocycles. The Morgan fingerprint density at radius 3 is 2.51 bits per heavy atom. The number of carbonyl (C=O) groups is 2. The highest BCUT2D eigenvalue weighted by Gasteiger charge is 2.36. The van der Waals surface area contributed by atoms with Crippen LogP contribution in [0, 0.1) is 5.92 Å². The lowest BCUT2D eigenvalue weighted by Crippen LogP contribution is -2.31. The van der Waals surface area contributed by atoms with Crippen molar-refractivity contribution in [3.63, 3.8) is 0 Å². The minimum Gasteiger partial charge on any atom is -0.495 e. The largest absolute Gasteiger partial charge is 0.495 e. The molecule has 0 unspecified atom stereocenters. The van der Waals surface area contributed by atoms with Gasteiger partial charge in [-0.2, -0.15) is 0 Å². The molecule has 0 spiro atoms. The zero-order valence-electron chi connectivity index (χ0n) is 21.6. The number of ether oxygens (including phenoxy) is 3. The first-order valence-electron chi connectivity index (χ1n) is 12.6. The monoisotopic (exact) mass is 551 g/mol. The van der Waals surface area contributed by atoms with Gasteiger partial charge in [-0.3, -0.25) is 13.9 Å². The molecule has 1 fully saturated rings. The molecule has 11 heteroatoms. The summed E-state index contributed by atoms with van der Waals surface area (Å²) in [4.78, 5) is 27.6. The maximum absolute atomic E-state index is 13.5. The molecule has 39 heavy (non-hydrogen) atoms. The Bertz CT molecular complexity index is 1490. The Kier molecular flexibility index (Phi) is 7.34. The molecule has 10 nitrogen and oxygen atoms in total. The van der Waals surface area contributed by atoms with Crippen LogP contribution in [0.2, 0.25) is 0 Å². The summed E-state index contributed by atoms with van der Waals surface area (Å²) in [6.45, 7) is 3.03. The Balaban J connectivity index is 1.35. The second-order valence-electron chi connectivity index (χ2n) is 9.09. The molecular formula is C28H29N3O7S. The van der Waals surface area contributed by atoms with E-state index in [4.69, 9.17) is 14.2 Å². The summed E-state index contributed by atoms with van der Waals surface area (Å²) in [5, 5.41) is 2.78. The van der Waals surface area contributed by atoms with Gasteiger partial charge in [0.2, 0.25) is 11.8 Å². The molecule has 2 heterocycles. The molecule has 204 valence electrons. The zero-order chi connectivity index (χ0) is 27.6. The fraction of sp³-hybridized carbons (Fsp3) is 0.286. The number of nitrogens with one attached hydrogen (secondary N) is 1. The number of amides is 2. The van der Waals surface area contributed by atoms with Crippen LogP contribution in [-0.4, -0.2) is 53.6 Å². The summed E-state index contributed by atoms with van der Waals surface area (Å²) >= 11 is 0. The lowest BCUT2D eigenvalue weighted by Gasteiger charge is -2.23. The molecule has 5 rings (SSSR count). The van der Waals surface area contributed by atoms with E-state index < -0.39 is 21.8 Å². The minimum absolute atomic E-state index is 0.00436. The van der Waals surface area contributed by atoms with Crippen LogP contribution in [0.3, 0.4) is 0 Å². The SMILES string of the molecule is CCN(c1ccccc1)S(=O)(=O)c1ccc(OC)c(NC(=O)[C@@H]2CC(=O)N(c3ccc4c(c3)OCCO4)C2)c1. The normalized spacial score (nSPS) is 16.6. The van der Waals surface area contributed by atoms with Gasteiger partial charge in [0, 0.05) is 31.3 Å². The van der Waals surface area contributed by atoms with Crippen molar-refractivity contribution in [2.75, 3.05) is 47.9 Å². The molecule has 3 aromatic carbocycles. The van der Waals surface area contributed by atoms with Crippen molar-refractivity contribution in [2.45, 2.75) is 18.2 Å². The third kappa shape index (κ3) is 5.22. The lowest BCUT2D eigenvalue weighted by molar-refractivity contribution is -0.122. The van der Waals surface area contributed by atoms with Gasteiger partial charge in [0.1, 0.15) is 19.0 Å². The van der Waals surface area contributed by atoms with E-state index in [0.29, 0.717) is 41.8 Å². The second-order valence-corrected chi connectivity index (χ2v) is 11.0. The van der Waals surface area contributed by atoms with Crippen molar-refractivity contribution in [3.8, 4) is 17.2 Å². The highest BCUT2D eigenvalue weighted by atomic mass is 32.2. The van der Waals surface area contributed by atoms with Gasteiger partial charge in [0.05, 0.1) is 29.3 Å². The van der Waals surface area contributed by atoms with E-state index in [1.165, 1.54) is 29.6 Å². The Hall–Kier alpha value is -4.25. The van der Waals surface area contributed by atoms with Gasteiger partial charge in [0.25, 0.3) is 10.0 Å². The van der Waals surface area contributed by atoms with Crippen LogP contribution in [0.1, 0.15) is 13.3 Å². The Labute approximate surface area is 227 Å². The number of sulfonamides is 1. The predicted octanol–water partition coefficient (Wildman–Crippen LogP) is 3.67. The van der Waals surface area contributed by atoms with Gasteiger partial charge in [-0.25, -0.2) is 8.42 Å². The third-order valence-electron chi connectivity index (χ3n) is 6.68. The molecule has 0 bridgehead atoms. The van der Waals surface area contributed by atoms with E-state index >= 15 is 0 Å². The Morgan fingerprint density at radius 1 is 1.05 bits per heavy atom. The summed E-state index contributed by atoms with van der Waals surface area (Å²) in [6.07, 6.45) is 0.0121. The van der Waals surface area contributed by atoms with Gasteiger partial charge in [0.15, 0.2) is 11.5 Å². The van der Waals surface area contributed by atoms with Gasteiger partial charge in [-0.05, 0) is 49.4 Å². The van der Waals surface area contributed by atoms with Crippen molar-refractivity contribution >= 4 is 38.9 Å². The molecule has 2 aliphatic rings. The summed E-state index contributed by atoms with van der Waals surface area (Å²) in [6, 6.07) is 18.4. The highest BCUT2D eigenvalue weighted by molar-refractivity contribution is 7.92. The molecule has 1 saturated heterocycles. The smallest absolute Gasteiger partial charge is 0.264 e. The number of anilines is 3. The Morgan fingerprint density at radius 2 is 1.79 bits per heavy atom. The molecule has 2 aliphatic heterocycles. The molecule has 1 N–H and O–H groups in total. The third-order valence-corrected chi connectivity index (χ3v) is 8.58. The molecule has 1 atom stereocenters. The van der Waals surface area contributed by atoms with Crippen LogP contribution in [0.25, 0.3) is 0 Å². The predicted molar refractivity (Wildman–Crippen MR) is 146 cm³/mol. The number of fused-ring (bicyclic) bond motifs is 1. The maximum atomic E-state index is 13.5. The van der Waals surface area contributed by atoms with E-state index in [0.717, 1.165) is 0 Å². The molecule has 0 radical (unpaired) electrons. The fourth-order valence-electron chi connectivity index (χ4n) is 4.73. The molecule has 0 aromatic heterocycles. The van der Waals surface area contributed by atoms with E-state index in [2.05, 4.69) is 5.32 Å². The number of nitrogens with zero attached hydrogens (tertiary/aromatic N) is 2. The number of para-hydroxylation sites is 1. The van der Waals surface area contributed by atoms with Crippen LogP contribution in [0.15, 0.2) is 71.6 Å². The molecule has 2 amide bonds. The standard InChI is InChI=1S/C28H29N3O7S/c1-3-31(20-7-5-4-6-8-20)39(34,35)22-10-12-24(36-2)23(17-22)29-28(33)19-15-27(32)30(18-19)21-9-11-25-26(16-21)38-14-13-37-25/h4-12,16-17,19H,3,13-15,18H2,1-2H3,(H,29,33)/t19-/m1/s1. The lowest BCUT2D eigenvalue weighted by atomic mass is 10.1. The average Bonchev–Trinajstić information content (AvgIpc) is 3.35. The maximum Gasteiger partial charge on any atom is 0.264 e. The number of rotatable bonds is 8. The van der Waals surface area contributed by atoms with Gasteiger partial charge < -0.3 is 24.4 Å². The topological polar surface area (TPSA) is 114 Å². The molecular weight excluding hydrogens is 522 g/mol. The zero-order valence-corrected chi connectivity index (χ0v) is 22.4. The van der Waals surface area contributed by atoms with E-state index in [-0.39, 0.29) is 36.0 Å². The summed E-state index contributed by atoms with van der Waals surface area (Å²) in [5.74, 6) is 0.217. The van der Waals surface area contributed by atoms with Crippen molar-refractivity contribution in [2.24, 2.45) is 5.92 Å². The molecule has 0 aliphatic carbocycles. The fourth-order valence-corrected chi connectivity index (χ4v) is 6.23. The number of benzene rings is 3. The summed E-state index contributed by atoms with van der Waals surface area (Å²) in [7, 11) is -2.49. The van der Waals surface area contributed by atoms with Crippen LogP contribution in [0.5, 0.6) is 17.2 Å². The number of hydrogen-bond acceptors (Lipinski definition) is 7. The number of hydrogen-bond donors (Lipinski definition) is 1. The first-order valence-corrected chi connectivity index (χ1v) is 14.0. The summed E-state index contributed by atoms with van der Waals surface area (Å²) < 4.78 is 44.9. The number of carbonyl (C=O) groups excluding carboxylic acids is 2. The van der Waals surface area contributed by atoms with Gasteiger partial charge in [-0.1, -0.05) is 18.2 Å². The van der Waals surface area contributed by atoms with Gasteiger partial charge >= 0.3 is 0 Å². The summed E-state index contributed by atoms with van der Waals surface area (Å²) in [5.41, 5.74) is 1.36.